The van der Waals surface area contributed by atoms with E-state index in [0.717, 1.165) is 109 Å². The Bertz CT molecular complexity index is 1960. The molecule has 6 fully saturated rings. The van der Waals surface area contributed by atoms with E-state index in [1.165, 1.54) is 27.2 Å². The van der Waals surface area contributed by atoms with Crippen LogP contribution in [0.3, 0.4) is 0 Å². The molecular formula is C62H108O24. The van der Waals surface area contributed by atoms with Gasteiger partial charge in [-0.15, -0.1) is 0 Å². The molecule has 26 atom stereocenters. The molecule has 0 aromatic heterocycles. The molecule has 0 amide bonds. The third-order valence-corrected chi connectivity index (χ3v) is 17.8. The molecule has 6 aliphatic rings. The zero-order valence-corrected chi connectivity index (χ0v) is 52.3. The molecule has 0 radical (unpaired) electrons. The molecule has 0 aliphatic carbocycles. The van der Waals surface area contributed by atoms with Gasteiger partial charge in [-0.25, -0.2) is 0 Å². The van der Waals surface area contributed by atoms with Gasteiger partial charge in [-0.05, 0) is 59.8 Å². The van der Waals surface area contributed by atoms with E-state index in [0.29, 0.717) is 25.7 Å². The molecule has 24 nitrogen and oxygen atoms in total. The average Bonchev–Trinajstić information content (AvgIpc) is 1.11. The summed E-state index contributed by atoms with van der Waals surface area (Å²) in [6, 6.07) is 0. The molecule has 0 spiro atoms. The fourth-order valence-electron chi connectivity index (χ4n) is 12.1. The van der Waals surface area contributed by atoms with Crippen LogP contribution in [-0.2, 0) is 76.0 Å². The molecule has 8 N–H and O–H groups in total. The van der Waals surface area contributed by atoms with Crippen molar-refractivity contribution in [2.24, 2.45) is 5.92 Å². The zero-order chi connectivity index (χ0) is 62.6. The van der Waals surface area contributed by atoms with Crippen molar-refractivity contribution >= 4 is 17.9 Å². The summed E-state index contributed by atoms with van der Waals surface area (Å²) in [5.74, 6) is -2.57. The number of rotatable bonds is 24. The van der Waals surface area contributed by atoms with Crippen molar-refractivity contribution in [2.75, 3.05) is 6.61 Å². The van der Waals surface area contributed by atoms with Gasteiger partial charge < -0.3 is 102 Å². The van der Waals surface area contributed by atoms with Gasteiger partial charge in [-0.2, -0.15) is 0 Å². The number of hydrogen-bond donors (Lipinski definition) is 8. The highest BCUT2D eigenvalue weighted by Crippen LogP contribution is 2.39. The van der Waals surface area contributed by atoms with Crippen LogP contribution in [0.5, 0.6) is 0 Å². The van der Waals surface area contributed by atoms with Gasteiger partial charge >= 0.3 is 17.9 Å². The Morgan fingerprint density at radius 2 is 1.05 bits per heavy atom. The van der Waals surface area contributed by atoms with Gasteiger partial charge in [0.2, 0.25) is 0 Å². The van der Waals surface area contributed by atoms with Crippen LogP contribution in [0.1, 0.15) is 209 Å². The lowest BCUT2D eigenvalue weighted by atomic mass is 9.95. The Morgan fingerprint density at radius 3 is 1.72 bits per heavy atom. The van der Waals surface area contributed by atoms with E-state index in [1.54, 1.807) is 20.8 Å². The summed E-state index contributed by atoms with van der Waals surface area (Å²) in [5, 5.41) is 91.8. The Labute approximate surface area is 508 Å². The van der Waals surface area contributed by atoms with Crippen molar-refractivity contribution < 1.29 is 117 Å². The topological polar surface area (TPSA) is 333 Å². The number of aliphatic hydroxyl groups excluding tert-OH is 8. The van der Waals surface area contributed by atoms with Gasteiger partial charge in [-0.1, -0.05) is 137 Å². The highest BCUT2D eigenvalue weighted by atomic mass is 16.8. The van der Waals surface area contributed by atoms with Crippen molar-refractivity contribution in [1.29, 1.82) is 0 Å². The molecule has 1 unspecified atom stereocenters. The summed E-state index contributed by atoms with van der Waals surface area (Å²) in [6.45, 7) is 13.5. The molecule has 4 bridgehead atoms. The first-order valence-corrected chi connectivity index (χ1v) is 32.7. The average molecular weight is 1240 g/mol. The van der Waals surface area contributed by atoms with Crippen LogP contribution in [0.4, 0.5) is 0 Å². The van der Waals surface area contributed by atoms with Crippen molar-refractivity contribution in [2.45, 2.75) is 363 Å². The maximum atomic E-state index is 14.3. The second kappa shape index (κ2) is 36.7. The quantitative estimate of drug-likeness (QED) is 0.0360. The van der Waals surface area contributed by atoms with Crippen LogP contribution in [0, 0.1) is 5.92 Å². The highest BCUT2D eigenvalue weighted by Gasteiger charge is 2.58. The van der Waals surface area contributed by atoms with Gasteiger partial charge in [0.25, 0.3) is 0 Å². The van der Waals surface area contributed by atoms with Gasteiger partial charge in [0, 0.05) is 12.8 Å². The third kappa shape index (κ3) is 20.6. The van der Waals surface area contributed by atoms with E-state index in [9.17, 15) is 55.2 Å². The lowest BCUT2D eigenvalue weighted by Crippen LogP contribution is -2.68. The predicted octanol–water partition coefficient (Wildman–Crippen LogP) is 4.94. The highest BCUT2D eigenvalue weighted by molar-refractivity contribution is 5.72. The normalized spacial score (nSPS) is 41.1. The maximum Gasteiger partial charge on any atom is 0.309 e. The predicted molar refractivity (Wildman–Crippen MR) is 306 cm³/mol. The molecule has 0 saturated carbocycles. The Kier molecular flexibility index (Phi) is 31.0. The summed E-state index contributed by atoms with van der Waals surface area (Å²) < 4.78 is 81.5. The van der Waals surface area contributed by atoms with Crippen molar-refractivity contribution in [1.82, 2.24) is 0 Å². The summed E-state index contributed by atoms with van der Waals surface area (Å²) >= 11 is 0. The molecule has 24 heteroatoms. The van der Waals surface area contributed by atoms with Gasteiger partial charge in [0.15, 0.2) is 49.8 Å². The summed E-state index contributed by atoms with van der Waals surface area (Å²) in [5.41, 5.74) is 0. The van der Waals surface area contributed by atoms with Gasteiger partial charge in [0.1, 0.15) is 73.2 Å². The zero-order valence-electron chi connectivity index (χ0n) is 52.3. The molecule has 0 aromatic rings. The minimum atomic E-state index is -1.90. The third-order valence-electron chi connectivity index (χ3n) is 17.8. The molecule has 86 heavy (non-hydrogen) atoms. The van der Waals surface area contributed by atoms with Gasteiger partial charge in [0.05, 0.1) is 43.0 Å². The number of carbonyl (C=O) groups is 3. The van der Waals surface area contributed by atoms with Crippen LogP contribution < -0.4 is 0 Å². The first-order chi connectivity index (χ1) is 41.2. The summed E-state index contributed by atoms with van der Waals surface area (Å²) in [6.07, 6.45) is -17.8. The van der Waals surface area contributed by atoms with E-state index in [1.807, 2.05) is 0 Å². The molecule has 6 aliphatic heterocycles. The first kappa shape index (κ1) is 72.7. The van der Waals surface area contributed by atoms with Crippen LogP contribution in [0.15, 0.2) is 0 Å². The van der Waals surface area contributed by atoms with E-state index in [2.05, 4.69) is 13.8 Å². The first-order valence-electron chi connectivity index (χ1n) is 32.7. The molecule has 500 valence electrons. The number of unbranched alkanes of at least 4 members (excludes halogenated alkanes) is 10. The van der Waals surface area contributed by atoms with Crippen LogP contribution >= 0.6 is 0 Å². The standard InChI is InChI=1S/C62H108O24/c1-9-12-14-15-16-17-20-23-28-32-42(65)81-56-55(86-59-46(69)44(67)43(66)35(5)75-59)52(83-60-47(70)45(68)50(36(6)76-60)82-57(73)34(4)11-3)38(8)78-62(56)84-51-37(7)77-61-49(72)54(51)80-41(64)31-27-24-21-18-19-22-26-30-39(29-25-13-10-2)79-58-48(71)53(85-61)40(63)33-74-58/h34-40,43-56,58-63,66-72H,9-33H2,1-8H3/t34-,35-,36-,37-,38-,39?,40+,43-,44+,45-,46+,47+,48+,49+,50-,51-,52-,53-,54-,55+,56+,58-,59-,60-,61-,62-/m0/s1. The number of esters is 3. The van der Waals surface area contributed by atoms with E-state index < -0.39 is 171 Å². The summed E-state index contributed by atoms with van der Waals surface area (Å²) in [7, 11) is 0. The molecule has 0 aromatic carbocycles. The number of carbonyl (C=O) groups excluding carboxylic acids is 3. The lowest BCUT2D eigenvalue weighted by molar-refractivity contribution is -0.397. The second-order valence-electron chi connectivity index (χ2n) is 24.9. The van der Waals surface area contributed by atoms with Crippen LogP contribution in [-0.4, -0.2) is 219 Å². The van der Waals surface area contributed by atoms with Gasteiger partial charge in [-0.3, -0.25) is 14.4 Å². The monoisotopic (exact) mass is 1240 g/mol. The second-order valence-corrected chi connectivity index (χ2v) is 24.9. The van der Waals surface area contributed by atoms with E-state index in [-0.39, 0.29) is 25.6 Å². The summed E-state index contributed by atoms with van der Waals surface area (Å²) in [4.78, 5) is 41.2. The molecule has 6 heterocycles. The maximum absolute atomic E-state index is 14.3. The lowest BCUT2D eigenvalue weighted by Gasteiger charge is -2.51. The number of hydrogen-bond acceptors (Lipinski definition) is 24. The number of aliphatic hydroxyl groups is 8. The minimum Gasteiger partial charge on any atom is -0.457 e. The number of ether oxygens (including phenoxy) is 13. The Morgan fingerprint density at radius 1 is 0.500 bits per heavy atom. The molecule has 6 saturated heterocycles. The van der Waals surface area contributed by atoms with Crippen molar-refractivity contribution in [3.63, 3.8) is 0 Å². The van der Waals surface area contributed by atoms with Crippen molar-refractivity contribution in [3.8, 4) is 0 Å². The van der Waals surface area contributed by atoms with Crippen molar-refractivity contribution in [3.05, 3.63) is 0 Å². The van der Waals surface area contributed by atoms with E-state index in [4.69, 9.17) is 61.6 Å². The fourth-order valence-corrected chi connectivity index (χ4v) is 12.1. The largest absolute Gasteiger partial charge is 0.457 e. The Hall–Kier alpha value is -2.31. The minimum absolute atomic E-state index is 0.0241. The Balaban J connectivity index is 1.33. The number of fused-ring (bicyclic) bond motifs is 4. The molecular weight excluding hydrogens is 1130 g/mol. The SMILES string of the molecule is CCCCCCCCCCCC(=O)O[C@H]1[C@H](O[C@@H]2[C@H]3OC(=O)CCCCCCCCCC(CCCCC)O[C@@H]4OC[C@@H](O)[C@H](O[C@H](O[C@H]2C)[C@@H]3O)[C@H]4O)O[C@@H](C)[C@H](O[C@@H]2O[C@@H](C)[C@H](OC(=O)[C@@H](C)CC)[C@@H](O)[C@H]2O)[C@H]1O[C@@H]1O[C@@H](C)[C@H](O)[C@@H](O)[C@H]1O. The fraction of sp³-hybridized carbons (Fsp3) is 0.952. The van der Waals surface area contributed by atoms with E-state index >= 15 is 0 Å². The van der Waals surface area contributed by atoms with Crippen LogP contribution in [0.25, 0.3) is 0 Å². The van der Waals surface area contributed by atoms with Crippen LogP contribution in [0.2, 0.25) is 0 Å². The smallest absolute Gasteiger partial charge is 0.309 e. The molecule has 6 rings (SSSR count).